The van der Waals surface area contributed by atoms with Crippen LogP contribution in [-0.2, 0) is 6.54 Å². The molecule has 1 aliphatic rings. The minimum atomic E-state index is -0.0653. The maximum absolute atomic E-state index is 12.0. The first-order valence-electron chi connectivity index (χ1n) is 6.18. The lowest BCUT2D eigenvalue weighted by Gasteiger charge is -2.28. The fraction of sp³-hybridized carbons (Fsp3) is 0.667. The summed E-state index contributed by atoms with van der Waals surface area (Å²) in [5.41, 5.74) is -0.0653. The van der Waals surface area contributed by atoms with Gasteiger partial charge in [-0.2, -0.15) is 0 Å². The highest BCUT2D eigenvalue weighted by Gasteiger charge is 2.24. The molecule has 0 amide bonds. The van der Waals surface area contributed by atoms with Crippen LogP contribution in [0, 0.1) is 0 Å². The Balaban J connectivity index is 2.15. The van der Waals surface area contributed by atoms with Crippen molar-refractivity contribution in [3.05, 3.63) is 22.7 Å². The van der Waals surface area contributed by atoms with Crippen LogP contribution in [0.2, 0.25) is 0 Å². The number of nitrogens with one attached hydrogen (secondary N) is 1. The Hall–Kier alpha value is -1.03. The topological polar surface area (TPSA) is 46.9 Å². The van der Waals surface area contributed by atoms with E-state index in [4.69, 9.17) is 11.6 Å². The monoisotopic (exact) mass is 255 g/mol. The Morgan fingerprint density at radius 3 is 3.00 bits per heavy atom. The van der Waals surface area contributed by atoms with Crippen molar-refractivity contribution in [2.75, 3.05) is 5.32 Å². The molecule has 1 aromatic heterocycles. The third-order valence-electron chi connectivity index (χ3n) is 3.26. The number of anilines is 1. The first-order valence-corrected chi connectivity index (χ1v) is 6.62. The second-order valence-electron chi connectivity index (χ2n) is 4.42. The van der Waals surface area contributed by atoms with Gasteiger partial charge in [0.1, 0.15) is 0 Å². The normalized spacial score (nSPS) is 24.6. The fourth-order valence-electron chi connectivity index (χ4n) is 2.22. The molecular formula is C12H18ClN3O. The number of aryl methyl sites for hydroxylation is 1. The van der Waals surface area contributed by atoms with Crippen LogP contribution in [0.4, 0.5) is 5.82 Å². The average molecular weight is 256 g/mol. The van der Waals surface area contributed by atoms with E-state index in [-0.39, 0.29) is 17.0 Å². The maximum atomic E-state index is 12.0. The first kappa shape index (κ1) is 12.4. The summed E-state index contributed by atoms with van der Waals surface area (Å²) >= 11 is 6.26. The van der Waals surface area contributed by atoms with Crippen LogP contribution in [0.15, 0.2) is 17.2 Å². The van der Waals surface area contributed by atoms with Crippen LogP contribution < -0.4 is 10.9 Å². The van der Waals surface area contributed by atoms with Gasteiger partial charge in [-0.3, -0.25) is 4.79 Å². The van der Waals surface area contributed by atoms with Gasteiger partial charge in [0.15, 0.2) is 5.82 Å². The summed E-state index contributed by atoms with van der Waals surface area (Å²) in [7, 11) is 0. The number of rotatable bonds is 3. The standard InChI is InChI=1S/C12H18ClN3O/c1-2-16-8-7-14-11(12(16)17)15-10-6-4-3-5-9(10)13/h7-10H,2-6H2,1H3,(H,14,15). The van der Waals surface area contributed by atoms with Crippen LogP contribution in [0.1, 0.15) is 32.6 Å². The minimum Gasteiger partial charge on any atom is -0.361 e. The summed E-state index contributed by atoms with van der Waals surface area (Å²) in [4.78, 5) is 16.1. The molecule has 0 aromatic carbocycles. The highest BCUT2D eigenvalue weighted by atomic mass is 35.5. The van der Waals surface area contributed by atoms with Crippen molar-refractivity contribution in [3.8, 4) is 0 Å². The zero-order valence-corrected chi connectivity index (χ0v) is 10.8. The molecule has 1 aromatic rings. The molecule has 1 fully saturated rings. The van der Waals surface area contributed by atoms with Crippen LogP contribution in [0.5, 0.6) is 0 Å². The van der Waals surface area contributed by atoms with E-state index in [0.717, 1.165) is 19.3 Å². The third kappa shape index (κ3) is 2.80. The molecule has 0 spiro atoms. The summed E-state index contributed by atoms with van der Waals surface area (Å²) < 4.78 is 1.64. The summed E-state index contributed by atoms with van der Waals surface area (Å²) in [5.74, 6) is 0.423. The van der Waals surface area contributed by atoms with E-state index in [2.05, 4.69) is 10.3 Å². The number of alkyl halides is 1. The number of hydrogen-bond donors (Lipinski definition) is 1. The van der Waals surface area contributed by atoms with E-state index >= 15 is 0 Å². The van der Waals surface area contributed by atoms with Crippen molar-refractivity contribution in [1.29, 1.82) is 0 Å². The number of aromatic nitrogens is 2. The van der Waals surface area contributed by atoms with E-state index in [1.807, 2.05) is 6.92 Å². The minimum absolute atomic E-state index is 0.0653. The van der Waals surface area contributed by atoms with Crippen LogP contribution in [-0.4, -0.2) is 21.0 Å². The Labute approximate surface area is 106 Å². The van der Waals surface area contributed by atoms with Crippen molar-refractivity contribution in [2.24, 2.45) is 0 Å². The van der Waals surface area contributed by atoms with Crippen molar-refractivity contribution in [1.82, 2.24) is 9.55 Å². The second kappa shape index (κ2) is 5.54. The summed E-state index contributed by atoms with van der Waals surface area (Å²) in [6, 6.07) is 0.165. The smallest absolute Gasteiger partial charge is 0.293 e. The van der Waals surface area contributed by atoms with Gasteiger partial charge in [-0.15, -0.1) is 11.6 Å². The largest absolute Gasteiger partial charge is 0.361 e. The van der Waals surface area contributed by atoms with Crippen LogP contribution in [0.3, 0.4) is 0 Å². The number of nitrogens with zero attached hydrogens (tertiary/aromatic N) is 2. The van der Waals surface area contributed by atoms with E-state index < -0.39 is 0 Å². The SMILES string of the molecule is CCn1ccnc(NC2CCCCC2Cl)c1=O. The molecule has 1 N–H and O–H groups in total. The predicted octanol–water partition coefficient (Wildman–Crippen LogP) is 2.23. The van der Waals surface area contributed by atoms with Gasteiger partial charge in [0, 0.05) is 25.0 Å². The summed E-state index contributed by atoms with van der Waals surface area (Å²) in [6.45, 7) is 2.60. The van der Waals surface area contributed by atoms with Gasteiger partial charge in [-0.05, 0) is 19.8 Å². The van der Waals surface area contributed by atoms with Gasteiger partial charge < -0.3 is 9.88 Å². The first-order chi connectivity index (χ1) is 8.22. The summed E-state index contributed by atoms with van der Waals surface area (Å²) in [5, 5.41) is 3.29. The third-order valence-corrected chi connectivity index (χ3v) is 3.78. The molecule has 0 bridgehead atoms. The fourth-order valence-corrected chi connectivity index (χ4v) is 2.56. The van der Waals surface area contributed by atoms with Crippen LogP contribution in [0.25, 0.3) is 0 Å². The number of hydrogen-bond acceptors (Lipinski definition) is 3. The Morgan fingerprint density at radius 2 is 2.29 bits per heavy atom. The molecule has 1 heterocycles. The van der Waals surface area contributed by atoms with E-state index in [0.29, 0.717) is 12.4 Å². The molecule has 2 rings (SSSR count). The molecule has 17 heavy (non-hydrogen) atoms. The quantitative estimate of drug-likeness (QED) is 0.843. The highest BCUT2D eigenvalue weighted by Crippen LogP contribution is 2.24. The van der Waals surface area contributed by atoms with Gasteiger partial charge in [0.05, 0.1) is 5.38 Å². The molecule has 94 valence electrons. The van der Waals surface area contributed by atoms with Crippen molar-refractivity contribution in [2.45, 2.75) is 50.6 Å². The van der Waals surface area contributed by atoms with Crippen molar-refractivity contribution in [3.63, 3.8) is 0 Å². The Bertz CT molecular complexity index is 432. The average Bonchev–Trinajstić information content (AvgIpc) is 2.34. The van der Waals surface area contributed by atoms with Gasteiger partial charge in [0.25, 0.3) is 5.56 Å². The van der Waals surface area contributed by atoms with Gasteiger partial charge in [-0.1, -0.05) is 12.8 Å². The van der Waals surface area contributed by atoms with E-state index in [9.17, 15) is 4.79 Å². The molecule has 0 saturated heterocycles. The van der Waals surface area contributed by atoms with Gasteiger partial charge in [0.2, 0.25) is 0 Å². The Morgan fingerprint density at radius 1 is 1.53 bits per heavy atom. The zero-order valence-electron chi connectivity index (χ0n) is 10.0. The van der Waals surface area contributed by atoms with Crippen LogP contribution >= 0.6 is 11.6 Å². The molecule has 2 unspecified atom stereocenters. The molecule has 0 aliphatic heterocycles. The number of halogens is 1. The van der Waals surface area contributed by atoms with E-state index in [1.54, 1.807) is 17.0 Å². The lowest BCUT2D eigenvalue weighted by molar-refractivity contribution is 0.468. The lowest BCUT2D eigenvalue weighted by Crippen LogP contribution is -2.36. The molecule has 1 aliphatic carbocycles. The van der Waals surface area contributed by atoms with Gasteiger partial charge >= 0.3 is 0 Å². The predicted molar refractivity (Wildman–Crippen MR) is 69.7 cm³/mol. The molecular weight excluding hydrogens is 238 g/mol. The zero-order chi connectivity index (χ0) is 12.3. The van der Waals surface area contributed by atoms with Crippen molar-refractivity contribution < 1.29 is 0 Å². The highest BCUT2D eigenvalue weighted by molar-refractivity contribution is 6.21. The van der Waals surface area contributed by atoms with Gasteiger partial charge in [-0.25, -0.2) is 4.98 Å². The summed E-state index contributed by atoms with van der Waals surface area (Å²) in [6.07, 6.45) is 7.71. The molecule has 2 atom stereocenters. The molecule has 1 saturated carbocycles. The Kier molecular flexibility index (Phi) is 4.05. The van der Waals surface area contributed by atoms with Crippen molar-refractivity contribution >= 4 is 17.4 Å². The molecule has 0 radical (unpaired) electrons. The lowest BCUT2D eigenvalue weighted by atomic mass is 9.95. The molecule has 5 heteroatoms. The second-order valence-corrected chi connectivity index (χ2v) is 4.98. The van der Waals surface area contributed by atoms with E-state index in [1.165, 1.54) is 6.42 Å². The maximum Gasteiger partial charge on any atom is 0.293 e. The molecule has 4 nitrogen and oxygen atoms in total.